The Morgan fingerprint density at radius 3 is 2.95 bits per heavy atom. The third-order valence-electron chi connectivity index (χ3n) is 3.89. The Morgan fingerprint density at radius 2 is 2.16 bits per heavy atom. The van der Waals surface area contributed by atoms with Gasteiger partial charge in [-0.05, 0) is 31.4 Å². The van der Waals surface area contributed by atoms with Crippen molar-refractivity contribution in [2.24, 2.45) is 0 Å². The van der Waals surface area contributed by atoms with Gasteiger partial charge in [0.25, 0.3) is 0 Å². The molecule has 100 valence electrons. The zero-order valence-electron chi connectivity index (χ0n) is 11.3. The Bertz CT molecular complexity index is 561. The minimum Gasteiger partial charge on any atom is -0.396 e. The number of aryl methyl sites for hydroxylation is 1. The summed E-state index contributed by atoms with van der Waals surface area (Å²) in [4.78, 5) is 2.48. The number of nitrogens with two attached hydrogens (primary N) is 1. The summed E-state index contributed by atoms with van der Waals surface area (Å²) < 4.78 is 1.92. The van der Waals surface area contributed by atoms with Crippen molar-refractivity contribution in [2.75, 3.05) is 17.2 Å². The van der Waals surface area contributed by atoms with Crippen LogP contribution in [0.25, 0.3) is 0 Å². The standard InChI is InChI=1S/C15H20N4/c1-12-6-7-13-4-2-3-5-15(13)19(12)9-8-18-11-14(16)10-17-18/h2-5,10-12H,6-9,16H2,1H3. The maximum atomic E-state index is 5.69. The average molecular weight is 256 g/mol. The number of anilines is 2. The minimum atomic E-state index is 0.586. The first kappa shape index (κ1) is 12.1. The summed E-state index contributed by atoms with van der Waals surface area (Å²) in [7, 11) is 0. The Morgan fingerprint density at radius 1 is 1.32 bits per heavy atom. The fraction of sp³-hybridized carbons (Fsp3) is 0.400. The number of fused-ring (bicyclic) bond motifs is 1. The first-order valence-corrected chi connectivity index (χ1v) is 6.86. The largest absolute Gasteiger partial charge is 0.396 e. The number of para-hydroxylation sites is 1. The van der Waals surface area contributed by atoms with E-state index in [4.69, 9.17) is 5.73 Å². The van der Waals surface area contributed by atoms with Gasteiger partial charge in [0, 0.05) is 24.5 Å². The number of hydrogen-bond donors (Lipinski definition) is 1. The van der Waals surface area contributed by atoms with Gasteiger partial charge in [-0.1, -0.05) is 18.2 Å². The summed E-state index contributed by atoms with van der Waals surface area (Å²) in [6.45, 7) is 4.14. The minimum absolute atomic E-state index is 0.586. The van der Waals surface area contributed by atoms with Crippen LogP contribution in [0.4, 0.5) is 11.4 Å². The summed E-state index contributed by atoms with van der Waals surface area (Å²) in [5, 5.41) is 4.25. The molecule has 2 heterocycles. The average Bonchev–Trinajstić information content (AvgIpc) is 2.83. The third-order valence-corrected chi connectivity index (χ3v) is 3.89. The molecule has 2 aromatic rings. The van der Waals surface area contributed by atoms with E-state index in [1.807, 2.05) is 10.9 Å². The Labute approximate surface area is 113 Å². The van der Waals surface area contributed by atoms with Gasteiger partial charge in [0.1, 0.15) is 0 Å². The second kappa shape index (κ2) is 4.96. The molecule has 0 amide bonds. The zero-order chi connectivity index (χ0) is 13.2. The second-order valence-electron chi connectivity index (χ2n) is 5.25. The molecule has 1 aliphatic rings. The monoisotopic (exact) mass is 256 g/mol. The molecule has 0 bridgehead atoms. The molecule has 0 radical (unpaired) electrons. The zero-order valence-corrected chi connectivity index (χ0v) is 11.3. The molecule has 0 spiro atoms. The summed E-state index contributed by atoms with van der Waals surface area (Å²) >= 11 is 0. The van der Waals surface area contributed by atoms with Crippen molar-refractivity contribution in [2.45, 2.75) is 32.4 Å². The van der Waals surface area contributed by atoms with Gasteiger partial charge in [-0.15, -0.1) is 0 Å². The Kier molecular flexibility index (Phi) is 3.15. The van der Waals surface area contributed by atoms with Gasteiger partial charge in [-0.3, -0.25) is 4.68 Å². The fourth-order valence-electron chi connectivity index (χ4n) is 2.81. The molecule has 1 unspecified atom stereocenters. The van der Waals surface area contributed by atoms with Gasteiger partial charge >= 0.3 is 0 Å². The quantitative estimate of drug-likeness (QED) is 0.916. The van der Waals surface area contributed by atoms with Gasteiger partial charge in [-0.25, -0.2) is 0 Å². The predicted octanol–water partition coefficient (Wildman–Crippen LogP) is 2.31. The molecule has 0 aliphatic carbocycles. The van der Waals surface area contributed by atoms with Gasteiger partial charge in [0.05, 0.1) is 18.4 Å². The van der Waals surface area contributed by atoms with Crippen LogP contribution < -0.4 is 10.6 Å². The molecule has 4 heteroatoms. The highest BCUT2D eigenvalue weighted by Gasteiger charge is 2.22. The Balaban J connectivity index is 1.76. The molecule has 1 aromatic heterocycles. The smallest absolute Gasteiger partial charge is 0.0719 e. The number of hydrogen-bond acceptors (Lipinski definition) is 3. The first-order valence-electron chi connectivity index (χ1n) is 6.86. The van der Waals surface area contributed by atoms with E-state index < -0.39 is 0 Å². The van der Waals surface area contributed by atoms with E-state index in [9.17, 15) is 0 Å². The van der Waals surface area contributed by atoms with E-state index in [2.05, 4.69) is 41.2 Å². The number of benzene rings is 1. The molecule has 2 N–H and O–H groups in total. The van der Waals surface area contributed by atoms with Crippen molar-refractivity contribution < 1.29 is 0 Å². The number of nitrogen functional groups attached to an aromatic ring is 1. The van der Waals surface area contributed by atoms with E-state index in [0.29, 0.717) is 6.04 Å². The van der Waals surface area contributed by atoms with Crippen LogP contribution in [-0.4, -0.2) is 22.4 Å². The predicted molar refractivity (Wildman–Crippen MR) is 78.2 cm³/mol. The van der Waals surface area contributed by atoms with Crippen molar-refractivity contribution >= 4 is 11.4 Å². The van der Waals surface area contributed by atoms with Crippen LogP contribution in [-0.2, 0) is 13.0 Å². The van der Waals surface area contributed by atoms with E-state index in [-0.39, 0.29) is 0 Å². The van der Waals surface area contributed by atoms with Crippen molar-refractivity contribution in [3.05, 3.63) is 42.2 Å². The number of aromatic nitrogens is 2. The number of rotatable bonds is 3. The van der Waals surface area contributed by atoms with Crippen LogP contribution in [0.15, 0.2) is 36.7 Å². The van der Waals surface area contributed by atoms with Crippen molar-refractivity contribution in [1.29, 1.82) is 0 Å². The summed E-state index contributed by atoms with van der Waals surface area (Å²) in [6.07, 6.45) is 5.99. The molecule has 0 saturated heterocycles. The van der Waals surface area contributed by atoms with Crippen LogP contribution >= 0.6 is 0 Å². The molecule has 1 atom stereocenters. The Hall–Kier alpha value is -1.97. The highest BCUT2D eigenvalue weighted by molar-refractivity contribution is 5.56. The molecule has 0 fully saturated rings. The SMILES string of the molecule is CC1CCc2ccccc2N1CCn1cc(N)cn1. The van der Waals surface area contributed by atoms with Gasteiger partial charge in [0.15, 0.2) is 0 Å². The molecule has 19 heavy (non-hydrogen) atoms. The molecule has 0 saturated carbocycles. The lowest BCUT2D eigenvalue weighted by Crippen LogP contribution is -2.39. The van der Waals surface area contributed by atoms with Crippen LogP contribution in [0.1, 0.15) is 18.9 Å². The third kappa shape index (κ3) is 2.43. The molecule has 4 nitrogen and oxygen atoms in total. The molecule has 1 aromatic carbocycles. The van der Waals surface area contributed by atoms with E-state index in [0.717, 1.165) is 18.8 Å². The van der Waals surface area contributed by atoms with E-state index >= 15 is 0 Å². The van der Waals surface area contributed by atoms with Crippen molar-refractivity contribution in [1.82, 2.24) is 9.78 Å². The van der Waals surface area contributed by atoms with E-state index in [1.54, 1.807) is 6.20 Å². The lowest BCUT2D eigenvalue weighted by molar-refractivity contribution is 0.518. The molecule has 3 rings (SSSR count). The maximum absolute atomic E-state index is 5.69. The summed E-state index contributed by atoms with van der Waals surface area (Å²) in [5.41, 5.74) is 9.26. The lowest BCUT2D eigenvalue weighted by atomic mass is 9.97. The molecular weight excluding hydrogens is 236 g/mol. The second-order valence-corrected chi connectivity index (χ2v) is 5.25. The van der Waals surface area contributed by atoms with Gasteiger partial charge < -0.3 is 10.6 Å². The molecular formula is C15H20N4. The van der Waals surface area contributed by atoms with Crippen LogP contribution in [0, 0.1) is 0 Å². The highest BCUT2D eigenvalue weighted by Crippen LogP contribution is 2.30. The van der Waals surface area contributed by atoms with Crippen LogP contribution in [0.2, 0.25) is 0 Å². The highest BCUT2D eigenvalue weighted by atomic mass is 15.3. The van der Waals surface area contributed by atoms with Crippen molar-refractivity contribution in [3.8, 4) is 0 Å². The van der Waals surface area contributed by atoms with Crippen LogP contribution in [0.3, 0.4) is 0 Å². The summed E-state index contributed by atoms with van der Waals surface area (Å²) in [5.74, 6) is 0. The fourth-order valence-corrected chi connectivity index (χ4v) is 2.81. The van der Waals surface area contributed by atoms with Gasteiger partial charge in [-0.2, -0.15) is 5.10 Å². The van der Waals surface area contributed by atoms with E-state index in [1.165, 1.54) is 24.1 Å². The summed E-state index contributed by atoms with van der Waals surface area (Å²) in [6, 6.07) is 9.29. The van der Waals surface area contributed by atoms with Gasteiger partial charge in [0.2, 0.25) is 0 Å². The van der Waals surface area contributed by atoms with Crippen molar-refractivity contribution in [3.63, 3.8) is 0 Å². The van der Waals surface area contributed by atoms with Crippen LogP contribution in [0.5, 0.6) is 0 Å². The molecule has 1 aliphatic heterocycles. The lowest BCUT2D eigenvalue weighted by Gasteiger charge is -2.37. The topological polar surface area (TPSA) is 47.1 Å². The number of nitrogens with zero attached hydrogens (tertiary/aromatic N) is 3. The maximum Gasteiger partial charge on any atom is 0.0719 e. The normalized spacial score (nSPS) is 18.4. The first-order chi connectivity index (χ1) is 9.24.